The topological polar surface area (TPSA) is 62.8 Å². The minimum absolute atomic E-state index is 0.277. The highest BCUT2D eigenvalue weighted by atomic mass is 16.4. The highest BCUT2D eigenvalue weighted by Crippen LogP contribution is 2.25. The van der Waals surface area contributed by atoms with Crippen LogP contribution in [0.3, 0.4) is 0 Å². The molecule has 0 saturated carbocycles. The summed E-state index contributed by atoms with van der Waals surface area (Å²) in [5.41, 5.74) is 4.88. The van der Waals surface area contributed by atoms with Crippen molar-refractivity contribution in [1.82, 2.24) is 0 Å². The first-order valence-corrected chi connectivity index (χ1v) is 7.99. The van der Waals surface area contributed by atoms with E-state index in [0.717, 1.165) is 27.9 Å². The number of carboxylic acids is 1. The first-order chi connectivity index (χ1) is 11.9. The summed E-state index contributed by atoms with van der Waals surface area (Å²) in [6, 6.07) is 15.0. The van der Waals surface area contributed by atoms with E-state index in [0.29, 0.717) is 11.5 Å². The number of carboxylic acid groups (broad SMARTS) is 1. The van der Waals surface area contributed by atoms with E-state index in [4.69, 9.17) is 4.42 Å². The Labute approximate surface area is 146 Å². The zero-order valence-corrected chi connectivity index (χ0v) is 14.4. The first-order valence-electron chi connectivity index (χ1n) is 7.99. The second-order valence-corrected chi connectivity index (χ2v) is 6.09. The zero-order chi connectivity index (χ0) is 18.0. The average Bonchev–Trinajstić information content (AvgIpc) is 3.05. The smallest absolute Gasteiger partial charge is 0.335 e. The highest BCUT2D eigenvalue weighted by Gasteiger charge is 2.11. The van der Waals surface area contributed by atoms with Crippen molar-refractivity contribution >= 4 is 17.9 Å². The normalized spacial score (nSPS) is 11.2. The quantitative estimate of drug-likeness (QED) is 0.657. The average molecular weight is 333 g/mol. The fourth-order valence-corrected chi connectivity index (χ4v) is 2.57. The van der Waals surface area contributed by atoms with Gasteiger partial charge in [-0.15, -0.1) is 0 Å². The van der Waals surface area contributed by atoms with Crippen molar-refractivity contribution < 1.29 is 14.3 Å². The van der Waals surface area contributed by atoms with Gasteiger partial charge in [-0.1, -0.05) is 24.3 Å². The van der Waals surface area contributed by atoms with Gasteiger partial charge in [0.15, 0.2) is 0 Å². The Balaban J connectivity index is 1.88. The van der Waals surface area contributed by atoms with E-state index in [9.17, 15) is 9.90 Å². The van der Waals surface area contributed by atoms with Gasteiger partial charge in [0.1, 0.15) is 11.5 Å². The van der Waals surface area contributed by atoms with Crippen LogP contribution in [0.5, 0.6) is 0 Å². The van der Waals surface area contributed by atoms with Gasteiger partial charge in [-0.3, -0.25) is 4.99 Å². The molecule has 0 amide bonds. The second-order valence-electron chi connectivity index (χ2n) is 6.09. The van der Waals surface area contributed by atoms with E-state index in [2.05, 4.69) is 11.1 Å². The number of benzene rings is 2. The third-order valence-corrected chi connectivity index (χ3v) is 4.07. The van der Waals surface area contributed by atoms with Gasteiger partial charge in [0, 0.05) is 5.56 Å². The summed E-state index contributed by atoms with van der Waals surface area (Å²) in [4.78, 5) is 15.8. The number of nitrogens with zero attached hydrogens (tertiary/aromatic N) is 1. The molecule has 1 aromatic heterocycles. The predicted octanol–water partition coefficient (Wildman–Crippen LogP) is 5.32. The number of furan rings is 1. The minimum Gasteiger partial charge on any atom is -0.478 e. The van der Waals surface area contributed by atoms with Crippen LogP contribution >= 0.6 is 0 Å². The monoisotopic (exact) mass is 333 g/mol. The van der Waals surface area contributed by atoms with E-state index < -0.39 is 5.97 Å². The molecule has 2 aromatic carbocycles. The van der Waals surface area contributed by atoms with Crippen LogP contribution in [0, 0.1) is 20.8 Å². The maximum atomic E-state index is 11.3. The van der Waals surface area contributed by atoms with Gasteiger partial charge >= 0.3 is 5.97 Å². The van der Waals surface area contributed by atoms with E-state index in [-0.39, 0.29) is 5.56 Å². The molecular weight excluding hydrogens is 314 g/mol. The fraction of sp³-hybridized carbons (Fsp3) is 0.143. The summed E-state index contributed by atoms with van der Waals surface area (Å²) >= 11 is 0. The van der Waals surface area contributed by atoms with Gasteiger partial charge < -0.3 is 9.52 Å². The highest BCUT2D eigenvalue weighted by molar-refractivity contribution is 5.91. The van der Waals surface area contributed by atoms with Crippen LogP contribution in [0.25, 0.3) is 11.3 Å². The molecule has 0 atom stereocenters. The van der Waals surface area contributed by atoms with Gasteiger partial charge in [-0.25, -0.2) is 4.79 Å². The van der Waals surface area contributed by atoms with Crippen molar-refractivity contribution in [2.75, 3.05) is 0 Å². The Bertz CT molecular complexity index is 967. The Hall–Kier alpha value is -3.14. The molecule has 0 spiro atoms. The first kappa shape index (κ1) is 16.7. The Kier molecular flexibility index (Phi) is 4.52. The number of aryl methyl sites for hydroxylation is 3. The van der Waals surface area contributed by atoms with E-state index >= 15 is 0 Å². The van der Waals surface area contributed by atoms with Gasteiger partial charge in [0.05, 0.1) is 17.5 Å². The molecule has 4 heteroatoms. The molecule has 0 saturated heterocycles. The van der Waals surface area contributed by atoms with Crippen molar-refractivity contribution in [1.29, 1.82) is 0 Å². The fourth-order valence-electron chi connectivity index (χ4n) is 2.57. The third-order valence-electron chi connectivity index (χ3n) is 4.07. The standard InChI is InChI=1S/C21H19NO3/c1-13-4-5-15(3)19(10-13)22-12-17-8-9-20(25-17)16-7-6-14(2)18(11-16)21(23)24/h4-12H,1-3H3,(H,23,24). The molecule has 1 N–H and O–H groups in total. The third kappa shape index (κ3) is 3.69. The van der Waals surface area contributed by atoms with Crippen molar-refractivity contribution in [3.63, 3.8) is 0 Å². The minimum atomic E-state index is -0.942. The lowest BCUT2D eigenvalue weighted by atomic mass is 10.0. The van der Waals surface area contributed by atoms with Crippen LogP contribution in [0.2, 0.25) is 0 Å². The molecule has 3 rings (SSSR count). The van der Waals surface area contributed by atoms with E-state index in [1.807, 2.05) is 44.2 Å². The van der Waals surface area contributed by atoms with Crippen molar-refractivity contribution in [2.24, 2.45) is 4.99 Å². The van der Waals surface area contributed by atoms with Crippen LogP contribution in [-0.4, -0.2) is 17.3 Å². The Morgan fingerprint density at radius 1 is 1.00 bits per heavy atom. The molecule has 25 heavy (non-hydrogen) atoms. The van der Waals surface area contributed by atoms with Crippen LogP contribution in [0.15, 0.2) is 57.9 Å². The Morgan fingerprint density at radius 2 is 1.76 bits per heavy atom. The molecule has 1 heterocycles. The molecule has 0 fully saturated rings. The van der Waals surface area contributed by atoms with Crippen LogP contribution < -0.4 is 0 Å². The number of aliphatic imine (C=N–C) groups is 1. The summed E-state index contributed by atoms with van der Waals surface area (Å²) < 4.78 is 5.79. The van der Waals surface area contributed by atoms with Gasteiger partial charge in [-0.2, -0.15) is 0 Å². The van der Waals surface area contributed by atoms with Crippen molar-refractivity contribution in [3.8, 4) is 11.3 Å². The zero-order valence-electron chi connectivity index (χ0n) is 14.4. The summed E-state index contributed by atoms with van der Waals surface area (Å²) in [6.07, 6.45) is 1.68. The largest absolute Gasteiger partial charge is 0.478 e. The van der Waals surface area contributed by atoms with Crippen molar-refractivity contribution in [2.45, 2.75) is 20.8 Å². The van der Waals surface area contributed by atoms with E-state index in [1.165, 1.54) is 0 Å². The molecule has 0 aliphatic carbocycles. The summed E-state index contributed by atoms with van der Waals surface area (Å²) in [5, 5.41) is 9.25. The van der Waals surface area contributed by atoms with E-state index in [1.54, 1.807) is 25.3 Å². The molecular formula is C21H19NO3. The molecule has 0 aliphatic rings. The van der Waals surface area contributed by atoms with Crippen LogP contribution in [0.4, 0.5) is 5.69 Å². The molecule has 0 bridgehead atoms. The number of hydrogen-bond donors (Lipinski definition) is 1. The predicted molar refractivity (Wildman–Crippen MR) is 99.0 cm³/mol. The lowest BCUT2D eigenvalue weighted by Gasteiger charge is -2.03. The summed E-state index contributed by atoms with van der Waals surface area (Å²) in [5.74, 6) is 0.292. The van der Waals surface area contributed by atoms with Crippen molar-refractivity contribution in [3.05, 3.63) is 76.5 Å². The number of carbonyl (C=O) groups is 1. The number of rotatable bonds is 4. The van der Waals surface area contributed by atoms with Crippen LogP contribution in [-0.2, 0) is 0 Å². The maximum absolute atomic E-state index is 11.3. The lowest BCUT2D eigenvalue weighted by molar-refractivity contribution is 0.0696. The van der Waals surface area contributed by atoms with Gasteiger partial charge in [0.2, 0.25) is 0 Å². The SMILES string of the molecule is Cc1ccc(C)c(N=Cc2ccc(-c3ccc(C)c(C(=O)O)c3)o2)c1. The number of aromatic carboxylic acids is 1. The second kappa shape index (κ2) is 6.77. The molecule has 3 aromatic rings. The van der Waals surface area contributed by atoms with Gasteiger partial charge in [0.25, 0.3) is 0 Å². The molecule has 0 radical (unpaired) electrons. The Morgan fingerprint density at radius 3 is 2.52 bits per heavy atom. The number of hydrogen-bond acceptors (Lipinski definition) is 3. The molecule has 4 nitrogen and oxygen atoms in total. The summed E-state index contributed by atoms with van der Waals surface area (Å²) in [7, 11) is 0. The lowest BCUT2D eigenvalue weighted by Crippen LogP contribution is -1.99. The molecule has 126 valence electrons. The molecule has 0 unspecified atom stereocenters. The van der Waals surface area contributed by atoms with Crippen LogP contribution in [0.1, 0.15) is 32.8 Å². The van der Waals surface area contributed by atoms with Gasteiger partial charge in [-0.05, 0) is 61.7 Å². The maximum Gasteiger partial charge on any atom is 0.335 e. The summed E-state index contributed by atoms with van der Waals surface area (Å²) in [6.45, 7) is 5.82. The molecule has 0 aliphatic heterocycles.